The summed E-state index contributed by atoms with van der Waals surface area (Å²) in [5.41, 5.74) is 6.81. The van der Waals surface area contributed by atoms with Crippen LogP contribution < -0.4 is 15.8 Å². The lowest BCUT2D eigenvalue weighted by Gasteiger charge is -2.10. The molecule has 182 valence electrons. The molecule has 0 spiro atoms. The second kappa shape index (κ2) is 13.9. The Balaban J connectivity index is 0.00000104. The number of rotatable bonds is 8. The highest BCUT2D eigenvalue weighted by atomic mass is 16.5. The molecule has 6 N–H and O–H groups in total. The van der Waals surface area contributed by atoms with Crippen LogP contribution in [0.4, 0.5) is 5.69 Å². The summed E-state index contributed by atoms with van der Waals surface area (Å²) >= 11 is 0. The maximum absolute atomic E-state index is 12.2. The minimum atomic E-state index is -1.19. The topological polar surface area (TPSA) is 192 Å². The van der Waals surface area contributed by atoms with Crippen molar-refractivity contribution >= 4 is 35.5 Å². The molecule has 1 amide bonds. The van der Waals surface area contributed by atoms with Gasteiger partial charge in [-0.25, -0.2) is 9.59 Å². The van der Waals surface area contributed by atoms with Gasteiger partial charge in [-0.05, 0) is 42.0 Å². The Morgan fingerprint density at radius 3 is 2.06 bits per heavy atom. The van der Waals surface area contributed by atoms with Crippen LogP contribution in [0.1, 0.15) is 15.9 Å². The van der Waals surface area contributed by atoms with Crippen molar-refractivity contribution in [3.05, 3.63) is 59.7 Å². The van der Waals surface area contributed by atoms with Gasteiger partial charge in [0.1, 0.15) is 12.4 Å². The van der Waals surface area contributed by atoms with Gasteiger partial charge >= 0.3 is 17.9 Å². The molecule has 2 aromatic rings. The van der Waals surface area contributed by atoms with Gasteiger partial charge in [0, 0.05) is 19.8 Å². The van der Waals surface area contributed by atoms with Crippen LogP contribution in [-0.4, -0.2) is 72.2 Å². The highest BCUT2D eigenvalue weighted by molar-refractivity contribution is 5.93. The van der Waals surface area contributed by atoms with Crippen LogP contribution in [0, 0.1) is 5.41 Å². The first kappa shape index (κ1) is 27.6. The van der Waals surface area contributed by atoms with Crippen LogP contribution >= 0.6 is 0 Å². The molecule has 2 aromatic carbocycles. The number of aliphatic hydroxyl groups is 1. The molecule has 0 saturated heterocycles. The van der Waals surface area contributed by atoms with Crippen molar-refractivity contribution in [3.8, 4) is 5.75 Å². The fourth-order valence-electron chi connectivity index (χ4n) is 2.18. The quantitative estimate of drug-likeness (QED) is 0.155. The summed E-state index contributed by atoms with van der Waals surface area (Å²) in [4.78, 5) is 45.8. The van der Waals surface area contributed by atoms with Gasteiger partial charge in [-0.1, -0.05) is 12.1 Å². The normalized spacial score (nSPS) is 9.62. The van der Waals surface area contributed by atoms with Crippen LogP contribution in [-0.2, 0) is 25.5 Å². The molecule has 12 nitrogen and oxygen atoms in total. The minimum Gasteiger partial charge on any atom is -0.480 e. The summed E-state index contributed by atoms with van der Waals surface area (Å²) in [7, 11) is 3.15. The molecule has 0 saturated carbocycles. The van der Waals surface area contributed by atoms with E-state index < -0.39 is 24.5 Å². The first-order chi connectivity index (χ1) is 16.0. The van der Waals surface area contributed by atoms with Gasteiger partial charge in [-0.15, -0.1) is 0 Å². The number of aliphatic hydroxyl groups excluding tert-OH is 1. The van der Waals surface area contributed by atoms with Gasteiger partial charge in [0.05, 0.1) is 12.0 Å². The first-order valence-electron chi connectivity index (χ1n) is 9.72. The number of guanidine groups is 1. The second-order valence-electron chi connectivity index (χ2n) is 6.83. The van der Waals surface area contributed by atoms with E-state index in [9.17, 15) is 14.4 Å². The predicted octanol–water partition coefficient (Wildman–Crippen LogP) is 0.448. The number of benzene rings is 2. The Bertz CT molecular complexity index is 1000. The lowest BCUT2D eigenvalue weighted by molar-refractivity contribution is -0.150. The Morgan fingerprint density at radius 1 is 1.03 bits per heavy atom. The van der Waals surface area contributed by atoms with Gasteiger partial charge in [-0.2, -0.15) is 0 Å². The number of nitrogens with one attached hydrogen (secondary N) is 2. The maximum Gasteiger partial charge on any atom is 0.343 e. The Hall–Kier alpha value is -4.45. The van der Waals surface area contributed by atoms with E-state index in [2.05, 4.69) is 5.32 Å². The zero-order valence-corrected chi connectivity index (χ0v) is 18.6. The van der Waals surface area contributed by atoms with Crippen molar-refractivity contribution in [2.45, 2.75) is 6.42 Å². The lowest BCUT2D eigenvalue weighted by atomic mass is 10.1. The van der Waals surface area contributed by atoms with Crippen molar-refractivity contribution < 1.29 is 38.9 Å². The average Bonchev–Trinajstić information content (AvgIpc) is 2.79. The van der Waals surface area contributed by atoms with E-state index in [0.717, 1.165) is 0 Å². The van der Waals surface area contributed by atoms with E-state index in [0.29, 0.717) is 22.6 Å². The van der Waals surface area contributed by atoms with Crippen molar-refractivity contribution in [1.82, 2.24) is 4.90 Å². The molecule has 0 aliphatic carbocycles. The number of carboxylic acids is 1. The van der Waals surface area contributed by atoms with E-state index in [1.807, 2.05) is 0 Å². The zero-order chi connectivity index (χ0) is 25.7. The maximum atomic E-state index is 12.2. The molecular weight excluding hydrogens is 448 g/mol. The third kappa shape index (κ3) is 10.7. The summed E-state index contributed by atoms with van der Waals surface area (Å²) in [6.45, 7) is -1.08. The number of nitrogens with zero attached hydrogens (tertiary/aromatic N) is 1. The summed E-state index contributed by atoms with van der Waals surface area (Å²) in [5.74, 6) is -2.44. The van der Waals surface area contributed by atoms with Crippen molar-refractivity contribution in [2.24, 2.45) is 5.73 Å². The van der Waals surface area contributed by atoms with Gasteiger partial charge in [0.25, 0.3) is 5.91 Å². The van der Waals surface area contributed by atoms with Crippen LogP contribution in [0.2, 0.25) is 0 Å². The molecule has 0 aromatic heterocycles. The average molecular weight is 474 g/mol. The number of hydrogen-bond donors (Lipinski definition) is 5. The molecule has 34 heavy (non-hydrogen) atoms. The molecule has 2 rings (SSSR count). The lowest BCUT2D eigenvalue weighted by Crippen LogP contribution is -2.27. The zero-order valence-electron chi connectivity index (χ0n) is 18.6. The summed E-state index contributed by atoms with van der Waals surface area (Å²) in [5, 5.41) is 24.8. The van der Waals surface area contributed by atoms with Gasteiger partial charge in [0.15, 0.2) is 12.6 Å². The van der Waals surface area contributed by atoms with Gasteiger partial charge < -0.3 is 35.6 Å². The number of amides is 1. The van der Waals surface area contributed by atoms with E-state index in [1.54, 1.807) is 62.6 Å². The largest absolute Gasteiger partial charge is 0.480 e. The van der Waals surface area contributed by atoms with E-state index >= 15 is 0 Å². The third-order valence-electron chi connectivity index (χ3n) is 3.87. The van der Waals surface area contributed by atoms with E-state index in [1.165, 1.54) is 4.90 Å². The molecule has 0 aliphatic rings. The molecule has 0 fully saturated rings. The molecule has 0 aliphatic heterocycles. The molecule has 0 atom stereocenters. The molecule has 0 heterocycles. The Morgan fingerprint density at radius 2 is 1.59 bits per heavy atom. The summed E-state index contributed by atoms with van der Waals surface area (Å²) < 4.78 is 10.2. The van der Waals surface area contributed by atoms with E-state index in [4.69, 9.17) is 35.6 Å². The molecular formula is C22H26N4O8. The SMILES string of the molecule is CN(C)C(=O)COC(=O)Cc1ccc(OC(=O)c2ccc(NC(=N)N)cc2)cc1.O=C(O)CO. The van der Waals surface area contributed by atoms with Gasteiger partial charge in [-0.3, -0.25) is 15.0 Å². The first-order valence-corrected chi connectivity index (χ1v) is 9.72. The third-order valence-corrected chi connectivity index (χ3v) is 3.87. The number of anilines is 1. The van der Waals surface area contributed by atoms with Crippen molar-refractivity contribution in [3.63, 3.8) is 0 Å². The smallest absolute Gasteiger partial charge is 0.343 e. The highest BCUT2D eigenvalue weighted by Gasteiger charge is 2.12. The van der Waals surface area contributed by atoms with Crippen LogP contribution in [0.15, 0.2) is 48.5 Å². The summed E-state index contributed by atoms with van der Waals surface area (Å²) in [6.07, 6.45) is -0.000450. The predicted molar refractivity (Wildman–Crippen MR) is 121 cm³/mol. The summed E-state index contributed by atoms with van der Waals surface area (Å²) in [6, 6.07) is 12.7. The van der Waals surface area contributed by atoms with E-state index in [-0.39, 0.29) is 24.9 Å². The number of aliphatic carboxylic acids is 1. The molecule has 0 radical (unpaired) electrons. The molecule has 0 bridgehead atoms. The number of ether oxygens (including phenoxy) is 2. The number of likely N-dealkylation sites (N-methyl/N-ethyl adjacent to an activating group) is 1. The van der Waals surface area contributed by atoms with Gasteiger partial charge in [0.2, 0.25) is 0 Å². The molecule has 0 unspecified atom stereocenters. The minimum absolute atomic E-state index is 0.000450. The Labute approximate surface area is 195 Å². The number of nitrogens with two attached hydrogens (primary N) is 1. The Kier molecular flexibility index (Phi) is 11.2. The fraction of sp³-hybridized carbons (Fsp3) is 0.227. The monoisotopic (exact) mass is 474 g/mol. The number of carboxylic acid groups (broad SMARTS) is 1. The molecule has 12 heteroatoms. The van der Waals surface area contributed by atoms with Crippen molar-refractivity contribution in [2.75, 3.05) is 32.6 Å². The van der Waals surface area contributed by atoms with Crippen LogP contribution in [0.25, 0.3) is 0 Å². The highest BCUT2D eigenvalue weighted by Crippen LogP contribution is 2.16. The van der Waals surface area contributed by atoms with Crippen LogP contribution in [0.3, 0.4) is 0 Å². The number of esters is 2. The fourth-order valence-corrected chi connectivity index (χ4v) is 2.18. The van der Waals surface area contributed by atoms with Crippen LogP contribution in [0.5, 0.6) is 5.75 Å². The number of hydrogen-bond acceptors (Lipinski definition) is 8. The standard InChI is InChI=1S/C20H22N4O5.C2H4O3/c1-24(2)17(25)12-28-18(26)11-13-3-9-16(10-4-13)29-19(27)14-5-7-15(8-6-14)23-20(21)22;3-1-2(4)5/h3-10H,11-12H2,1-2H3,(H4,21,22,23);3H,1H2,(H,4,5). The number of carbonyl (C=O) groups is 4. The van der Waals surface area contributed by atoms with Crippen molar-refractivity contribution in [1.29, 1.82) is 5.41 Å². The second-order valence-corrected chi connectivity index (χ2v) is 6.83. The number of carbonyl (C=O) groups excluding carboxylic acids is 3.